The van der Waals surface area contributed by atoms with Crippen molar-refractivity contribution in [2.45, 2.75) is 52.6 Å². The van der Waals surface area contributed by atoms with Crippen molar-refractivity contribution in [1.82, 2.24) is 20.4 Å². The average Bonchev–Trinajstić information content (AvgIpc) is 3.16. The fourth-order valence-corrected chi connectivity index (χ4v) is 2.65. The SMILES string of the molecule is C=CNCCCC(C=O)C(C)N.CCC.CNCc1ccc(-c2ccnn2C)cc1. The monoisotopic (exact) mass is 415 g/mol. The first-order chi connectivity index (χ1) is 14.4. The molecule has 4 N–H and O–H groups in total. The van der Waals surface area contributed by atoms with E-state index in [9.17, 15) is 4.79 Å². The first kappa shape index (κ1) is 27.6. The minimum atomic E-state index is -0.0359. The summed E-state index contributed by atoms with van der Waals surface area (Å²) < 4.78 is 1.88. The number of aldehydes is 1. The molecule has 0 aliphatic heterocycles. The summed E-state index contributed by atoms with van der Waals surface area (Å²) in [5.74, 6) is -0.00313. The molecular weight excluding hydrogens is 374 g/mol. The molecule has 168 valence electrons. The summed E-state index contributed by atoms with van der Waals surface area (Å²) in [7, 11) is 3.91. The highest BCUT2D eigenvalue weighted by molar-refractivity contribution is 5.59. The molecule has 1 aromatic carbocycles. The number of hydrogen-bond donors (Lipinski definition) is 3. The summed E-state index contributed by atoms with van der Waals surface area (Å²) in [5, 5.41) is 10.3. The zero-order valence-corrected chi connectivity index (χ0v) is 19.4. The van der Waals surface area contributed by atoms with E-state index in [4.69, 9.17) is 5.73 Å². The normalized spacial score (nSPS) is 11.8. The van der Waals surface area contributed by atoms with Gasteiger partial charge in [-0.2, -0.15) is 5.10 Å². The Morgan fingerprint density at radius 1 is 1.23 bits per heavy atom. The summed E-state index contributed by atoms with van der Waals surface area (Å²) in [6.07, 6.45) is 7.47. The summed E-state index contributed by atoms with van der Waals surface area (Å²) in [6.45, 7) is 11.4. The van der Waals surface area contributed by atoms with Crippen LogP contribution in [0.25, 0.3) is 11.3 Å². The van der Waals surface area contributed by atoms with E-state index in [-0.39, 0.29) is 12.0 Å². The van der Waals surface area contributed by atoms with Crippen molar-refractivity contribution in [2.75, 3.05) is 13.6 Å². The van der Waals surface area contributed by atoms with Gasteiger partial charge in [0.15, 0.2) is 0 Å². The van der Waals surface area contributed by atoms with E-state index in [1.165, 1.54) is 17.5 Å². The van der Waals surface area contributed by atoms with Crippen molar-refractivity contribution >= 4 is 6.29 Å². The number of nitrogens with one attached hydrogen (secondary N) is 2. The van der Waals surface area contributed by atoms with Crippen LogP contribution in [0.3, 0.4) is 0 Å². The van der Waals surface area contributed by atoms with E-state index >= 15 is 0 Å². The molecule has 0 fully saturated rings. The van der Waals surface area contributed by atoms with Gasteiger partial charge < -0.3 is 21.2 Å². The number of rotatable bonds is 10. The maximum atomic E-state index is 10.5. The highest BCUT2D eigenvalue weighted by Gasteiger charge is 2.11. The molecule has 0 radical (unpaired) electrons. The van der Waals surface area contributed by atoms with Gasteiger partial charge in [-0.15, -0.1) is 0 Å². The van der Waals surface area contributed by atoms with Crippen molar-refractivity contribution in [3.05, 3.63) is 54.9 Å². The van der Waals surface area contributed by atoms with Crippen molar-refractivity contribution in [3.63, 3.8) is 0 Å². The van der Waals surface area contributed by atoms with Gasteiger partial charge in [0, 0.05) is 38.3 Å². The van der Waals surface area contributed by atoms with Crippen LogP contribution >= 0.6 is 0 Å². The van der Waals surface area contributed by atoms with Gasteiger partial charge in [-0.3, -0.25) is 4.68 Å². The molecule has 6 heteroatoms. The van der Waals surface area contributed by atoms with E-state index < -0.39 is 0 Å². The zero-order valence-electron chi connectivity index (χ0n) is 19.4. The van der Waals surface area contributed by atoms with Gasteiger partial charge in [-0.1, -0.05) is 51.1 Å². The fraction of sp³-hybridized carbons (Fsp3) is 0.500. The molecule has 0 saturated heterocycles. The zero-order chi connectivity index (χ0) is 22.8. The topological polar surface area (TPSA) is 85.0 Å². The van der Waals surface area contributed by atoms with E-state index in [0.717, 1.165) is 37.9 Å². The van der Waals surface area contributed by atoms with Gasteiger partial charge in [0.1, 0.15) is 6.29 Å². The predicted molar refractivity (Wildman–Crippen MR) is 128 cm³/mol. The lowest BCUT2D eigenvalue weighted by atomic mass is 9.98. The van der Waals surface area contributed by atoms with Gasteiger partial charge >= 0.3 is 0 Å². The lowest BCUT2D eigenvalue weighted by molar-refractivity contribution is -0.111. The van der Waals surface area contributed by atoms with Crippen LogP contribution in [0.2, 0.25) is 0 Å². The van der Waals surface area contributed by atoms with Gasteiger partial charge in [0.2, 0.25) is 0 Å². The number of nitrogens with zero attached hydrogens (tertiary/aromatic N) is 2. The van der Waals surface area contributed by atoms with E-state index in [2.05, 4.69) is 60.4 Å². The maximum absolute atomic E-state index is 10.5. The lowest BCUT2D eigenvalue weighted by Crippen LogP contribution is -2.28. The molecule has 0 amide bonds. The van der Waals surface area contributed by atoms with Gasteiger partial charge in [0.05, 0.1) is 5.69 Å². The first-order valence-corrected chi connectivity index (χ1v) is 10.7. The molecule has 30 heavy (non-hydrogen) atoms. The quantitative estimate of drug-likeness (QED) is 0.405. The Morgan fingerprint density at radius 3 is 2.30 bits per heavy atom. The van der Waals surface area contributed by atoms with Crippen molar-refractivity contribution in [3.8, 4) is 11.3 Å². The van der Waals surface area contributed by atoms with Crippen molar-refractivity contribution in [1.29, 1.82) is 0 Å². The first-order valence-electron chi connectivity index (χ1n) is 10.7. The number of carbonyl (C=O) groups is 1. The predicted octanol–water partition coefficient (Wildman–Crippen LogP) is 3.88. The summed E-state index contributed by atoms with van der Waals surface area (Å²) >= 11 is 0. The van der Waals surface area contributed by atoms with Crippen LogP contribution in [0.4, 0.5) is 0 Å². The number of benzene rings is 1. The van der Waals surface area contributed by atoms with Gasteiger partial charge in [0.25, 0.3) is 0 Å². The van der Waals surface area contributed by atoms with Crippen LogP contribution < -0.4 is 16.4 Å². The van der Waals surface area contributed by atoms with Crippen LogP contribution in [0.5, 0.6) is 0 Å². The Hall–Kier alpha value is -2.44. The van der Waals surface area contributed by atoms with E-state index in [0.29, 0.717) is 0 Å². The maximum Gasteiger partial charge on any atom is 0.124 e. The standard InChI is InChI=1S/C12H15N3.C9H18N2O.C3H8/c1-13-9-10-3-5-11(6-4-10)12-7-8-14-15(12)2;1-3-11-6-4-5-9(7-12)8(2)10;1-3-2/h3-8,13H,9H2,1-2H3;3,7-9,11H,1,4-6,10H2,2H3;3H2,1-2H3. The Balaban J connectivity index is 0.000000508. The third kappa shape index (κ3) is 11.5. The molecule has 2 unspecified atom stereocenters. The minimum Gasteiger partial charge on any atom is -0.391 e. The third-order valence-corrected chi connectivity index (χ3v) is 4.30. The van der Waals surface area contributed by atoms with Crippen LogP contribution in [-0.2, 0) is 18.4 Å². The lowest BCUT2D eigenvalue weighted by Gasteiger charge is -2.13. The fourth-order valence-electron chi connectivity index (χ4n) is 2.65. The van der Waals surface area contributed by atoms with Gasteiger partial charge in [-0.25, -0.2) is 0 Å². The molecule has 0 saturated carbocycles. The highest BCUT2D eigenvalue weighted by Crippen LogP contribution is 2.18. The largest absolute Gasteiger partial charge is 0.391 e. The van der Waals surface area contributed by atoms with E-state index in [1.54, 1.807) is 6.20 Å². The van der Waals surface area contributed by atoms with Crippen molar-refractivity contribution < 1.29 is 4.79 Å². The minimum absolute atomic E-state index is 0.00313. The number of aryl methyl sites for hydroxylation is 1. The molecular formula is C24H41N5O. The second kappa shape index (κ2) is 17.4. The molecule has 2 aromatic rings. The van der Waals surface area contributed by atoms with Crippen LogP contribution in [0.15, 0.2) is 49.3 Å². The average molecular weight is 416 g/mol. The summed E-state index contributed by atoms with van der Waals surface area (Å²) in [4.78, 5) is 10.5. The van der Waals surface area contributed by atoms with E-state index in [1.807, 2.05) is 38.0 Å². The smallest absolute Gasteiger partial charge is 0.124 e. The van der Waals surface area contributed by atoms with Crippen LogP contribution in [0.1, 0.15) is 45.6 Å². The number of aromatic nitrogens is 2. The molecule has 6 nitrogen and oxygen atoms in total. The second-order valence-electron chi connectivity index (χ2n) is 7.23. The Kier molecular flexibility index (Phi) is 16.0. The van der Waals surface area contributed by atoms with Crippen molar-refractivity contribution in [2.24, 2.45) is 18.7 Å². The number of nitrogens with two attached hydrogens (primary N) is 1. The molecule has 1 aromatic heterocycles. The number of carbonyl (C=O) groups excluding carboxylic acids is 1. The second-order valence-corrected chi connectivity index (χ2v) is 7.23. The Bertz CT molecular complexity index is 679. The molecule has 2 atom stereocenters. The molecule has 0 spiro atoms. The molecule has 0 aliphatic rings. The van der Waals surface area contributed by atoms with Crippen LogP contribution in [0, 0.1) is 5.92 Å². The molecule has 1 heterocycles. The summed E-state index contributed by atoms with van der Waals surface area (Å²) in [5.41, 5.74) is 9.23. The molecule has 2 rings (SSSR count). The molecule has 0 bridgehead atoms. The van der Waals surface area contributed by atoms with Crippen LogP contribution in [-0.4, -0.2) is 35.7 Å². The Morgan fingerprint density at radius 2 is 1.87 bits per heavy atom. The summed E-state index contributed by atoms with van der Waals surface area (Å²) in [6, 6.07) is 10.5. The highest BCUT2D eigenvalue weighted by atomic mass is 16.1. The van der Waals surface area contributed by atoms with Gasteiger partial charge in [-0.05, 0) is 50.2 Å². The number of hydrogen-bond acceptors (Lipinski definition) is 5. The molecule has 0 aliphatic carbocycles. The Labute approximate surface area is 182 Å². The third-order valence-electron chi connectivity index (χ3n) is 4.30.